The Morgan fingerprint density at radius 3 is 2.52 bits per heavy atom. The monoisotopic (exact) mass is 305 g/mol. The molecule has 1 atom stereocenters. The van der Waals surface area contributed by atoms with Crippen LogP contribution in [0.1, 0.15) is 39.2 Å². The number of benzene rings is 1. The smallest absolute Gasteiger partial charge is 0.223 e. The molecule has 4 heteroatoms. The minimum atomic E-state index is -1.75. The largest absolute Gasteiger partial charge is 0.416 e. The first-order valence-corrected chi connectivity index (χ1v) is 10.6. The zero-order valence-corrected chi connectivity index (χ0v) is 15.1. The maximum absolute atomic E-state index is 11.8. The fraction of sp³-hybridized carbons (Fsp3) is 0.588. The molecule has 0 aliphatic carbocycles. The molecule has 1 aromatic carbocycles. The average Bonchev–Trinajstić information content (AvgIpc) is 2.74. The number of rotatable bonds is 3. The van der Waals surface area contributed by atoms with Crippen LogP contribution in [-0.2, 0) is 9.22 Å². The Morgan fingerprint density at radius 1 is 1.33 bits per heavy atom. The van der Waals surface area contributed by atoms with Crippen LogP contribution >= 0.6 is 0 Å². The van der Waals surface area contributed by atoms with Crippen molar-refractivity contribution in [1.82, 2.24) is 0 Å². The van der Waals surface area contributed by atoms with Crippen molar-refractivity contribution in [1.29, 1.82) is 0 Å². The lowest BCUT2D eigenvalue weighted by molar-refractivity contribution is -0.116. The Labute approximate surface area is 129 Å². The van der Waals surface area contributed by atoms with Gasteiger partial charge >= 0.3 is 0 Å². The van der Waals surface area contributed by atoms with E-state index in [2.05, 4.69) is 39.9 Å². The van der Waals surface area contributed by atoms with Crippen molar-refractivity contribution in [2.75, 3.05) is 18.1 Å². The molecule has 3 nitrogen and oxygen atoms in total. The molecule has 0 saturated heterocycles. The second kappa shape index (κ2) is 5.58. The Morgan fingerprint density at radius 2 is 1.95 bits per heavy atom. The first-order valence-electron chi connectivity index (χ1n) is 7.64. The third kappa shape index (κ3) is 3.21. The summed E-state index contributed by atoms with van der Waals surface area (Å²) in [5.74, 6) is 0.400. The van der Waals surface area contributed by atoms with Crippen molar-refractivity contribution < 1.29 is 9.22 Å². The van der Waals surface area contributed by atoms with E-state index >= 15 is 0 Å². The molecule has 0 bridgehead atoms. The minimum Gasteiger partial charge on any atom is -0.416 e. The Bertz CT molecular complexity index is 534. The van der Waals surface area contributed by atoms with Gasteiger partial charge in [0.25, 0.3) is 0 Å². The van der Waals surface area contributed by atoms with Crippen LogP contribution in [0.15, 0.2) is 24.3 Å². The quantitative estimate of drug-likeness (QED) is 0.785. The molecule has 2 rings (SSSR count). The van der Waals surface area contributed by atoms with Crippen LogP contribution in [0.5, 0.6) is 0 Å². The van der Waals surface area contributed by atoms with Gasteiger partial charge in [-0.2, -0.15) is 0 Å². The number of para-hydroxylation sites is 1. The van der Waals surface area contributed by atoms with Crippen LogP contribution in [0.2, 0.25) is 18.1 Å². The van der Waals surface area contributed by atoms with Crippen molar-refractivity contribution in [3.63, 3.8) is 0 Å². The van der Waals surface area contributed by atoms with Gasteiger partial charge < -0.3 is 9.33 Å². The second-order valence-corrected chi connectivity index (χ2v) is 12.3. The summed E-state index contributed by atoms with van der Waals surface area (Å²) < 4.78 is 6.36. The SMILES string of the molecule is CC(=O)N1CC(CO[Si](C)(C)C(C)(C)C)c2ccccc21. The summed E-state index contributed by atoms with van der Waals surface area (Å²) in [6.07, 6.45) is 0. The molecule has 116 valence electrons. The number of hydrogen-bond acceptors (Lipinski definition) is 2. The fourth-order valence-electron chi connectivity index (χ4n) is 2.46. The molecule has 1 unspecified atom stereocenters. The zero-order valence-electron chi connectivity index (χ0n) is 14.1. The molecule has 1 aliphatic rings. The predicted octanol–water partition coefficient (Wildman–Crippen LogP) is 4.16. The molecular weight excluding hydrogens is 278 g/mol. The second-order valence-electron chi connectivity index (χ2n) is 7.46. The molecule has 1 amide bonds. The highest BCUT2D eigenvalue weighted by Gasteiger charge is 2.39. The predicted molar refractivity (Wildman–Crippen MR) is 90.4 cm³/mol. The first-order chi connectivity index (χ1) is 9.63. The summed E-state index contributed by atoms with van der Waals surface area (Å²) in [6, 6.07) is 8.19. The van der Waals surface area contributed by atoms with Gasteiger partial charge in [-0.3, -0.25) is 4.79 Å². The molecule has 0 spiro atoms. The van der Waals surface area contributed by atoms with E-state index in [0.717, 1.165) is 12.2 Å². The highest BCUT2D eigenvalue weighted by atomic mass is 28.4. The number of fused-ring (bicyclic) bond motifs is 1. The Kier molecular flexibility index (Phi) is 4.31. The third-order valence-corrected chi connectivity index (χ3v) is 9.40. The van der Waals surface area contributed by atoms with Crippen LogP contribution in [0.4, 0.5) is 5.69 Å². The van der Waals surface area contributed by atoms with Crippen molar-refractivity contribution in [3.8, 4) is 0 Å². The van der Waals surface area contributed by atoms with Gasteiger partial charge in [-0.15, -0.1) is 0 Å². The summed E-state index contributed by atoms with van der Waals surface area (Å²) in [5.41, 5.74) is 2.29. The first kappa shape index (κ1) is 16.2. The Balaban J connectivity index is 2.15. The number of carbonyl (C=O) groups is 1. The summed E-state index contributed by atoms with van der Waals surface area (Å²) >= 11 is 0. The lowest BCUT2D eigenvalue weighted by Crippen LogP contribution is -2.42. The Hall–Kier alpha value is -1.13. The maximum atomic E-state index is 11.8. The van der Waals surface area contributed by atoms with Crippen LogP contribution in [0, 0.1) is 0 Å². The maximum Gasteiger partial charge on any atom is 0.223 e. The van der Waals surface area contributed by atoms with Gasteiger partial charge in [0.2, 0.25) is 5.91 Å². The van der Waals surface area contributed by atoms with Crippen LogP contribution < -0.4 is 4.90 Å². The van der Waals surface area contributed by atoms with E-state index < -0.39 is 8.32 Å². The van der Waals surface area contributed by atoms with Gasteiger partial charge in [-0.1, -0.05) is 39.0 Å². The van der Waals surface area contributed by atoms with Crippen molar-refractivity contribution in [3.05, 3.63) is 29.8 Å². The number of nitrogens with zero attached hydrogens (tertiary/aromatic N) is 1. The highest BCUT2D eigenvalue weighted by molar-refractivity contribution is 6.74. The van der Waals surface area contributed by atoms with E-state index in [-0.39, 0.29) is 10.9 Å². The molecular formula is C17H27NO2Si. The lowest BCUT2D eigenvalue weighted by atomic mass is 10.0. The summed E-state index contributed by atoms with van der Waals surface area (Å²) in [7, 11) is -1.75. The van der Waals surface area contributed by atoms with Gasteiger partial charge in [0.1, 0.15) is 0 Å². The average molecular weight is 305 g/mol. The van der Waals surface area contributed by atoms with E-state index in [1.165, 1.54) is 5.56 Å². The topological polar surface area (TPSA) is 29.5 Å². The van der Waals surface area contributed by atoms with Crippen molar-refractivity contribution in [2.45, 2.75) is 51.7 Å². The highest BCUT2D eigenvalue weighted by Crippen LogP contribution is 2.40. The van der Waals surface area contributed by atoms with Crippen LogP contribution in [-0.4, -0.2) is 27.4 Å². The van der Waals surface area contributed by atoms with Gasteiger partial charge in [0.15, 0.2) is 8.32 Å². The van der Waals surface area contributed by atoms with Gasteiger partial charge in [-0.05, 0) is 29.8 Å². The number of carbonyl (C=O) groups excluding carboxylic acids is 1. The molecule has 1 aliphatic heterocycles. The van der Waals surface area contributed by atoms with E-state index in [9.17, 15) is 4.79 Å². The summed E-state index contributed by atoms with van der Waals surface area (Å²) in [4.78, 5) is 13.7. The molecule has 0 saturated carbocycles. The number of anilines is 1. The molecule has 0 fully saturated rings. The van der Waals surface area contributed by atoms with Crippen molar-refractivity contribution >= 4 is 19.9 Å². The van der Waals surface area contributed by atoms with Gasteiger partial charge in [-0.25, -0.2) is 0 Å². The van der Waals surface area contributed by atoms with Gasteiger partial charge in [0.05, 0.1) is 0 Å². The van der Waals surface area contributed by atoms with Crippen LogP contribution in [0.25, 0.3) is 0 Å². The molecule has 21 heavy (non-hydrogen) atoms. The number of amides is 1. The molecule has 0 aromatic heterocycles. The van der Waals surface area contributed by atoms with E-state index in [0.29, 0.717) is 12.5 Å². The number of hydrogen-bond donors (Lipinski definition) is 0. The third-order valence-electron chi connectivity index (χ3n) is 4.90. The van der Waals surface area contributed by atoms with Gasteiger partial charge in [0, 0.05) is 31.7 Å². The van der Waals surface area contributed by atoms with Crippen LogP contribution in [0.3, 0.4) is 0 Å². The molecule has 0 N–H and O–H groups in total. The van der Waals surface area contributed by atoms with E-state index in [4.69, 9.17) is 4.43 Å². The summed E-state index contributed by atoms with van der Waals surface area (Å²) in [6.45, 7) is 14.4. The van der Waals surface area contributed by atoms with E-state index in [1.54, 1.807) is 6.92 Å². The molecule has 1 aromatic rings. The fourth-order valence-corrected chi connectivity index (χ4v) is 3.51. The molecule has 1 heterocycles. The van der Waals surface area contributed by atoms with E-state index in [1.807, 2.05) is 23.1 Å². The normalized spacial score (nSPS) is 18.8. The zero-order chi connectivity index (χ0) is 15.8. The standard InChI is InChI=1S/C17H27NO2Si/c1-13(19)18-11-14(15-9-7-8-10-16(15)18)12-20-21(5,6)17(2,3)4/h7-10,14H,11-12H2,1-6H3. The summed E-state index contributed by atoms with van der Waals surface area (Å²) in [5, 5.41) is 0.214. The van der Waals surface area contributed by atoms with Crippen molar-refractivity contribution in [2.24, 2.45) is 0 Å². The lowest BCUT2D eigenvalue weighted by Gasteiger charge is -2.37. The molecule has 0 radical (unpaired) electrons. The minimum absolute atomic E-state index is 0.109.